The minimum Gasteiger partial charge on any atom is -0.358 e. The topological polar surface area (TPSA) is 83.6 Å². The van der Waals surface area contributed by atoms with E-state index in [0.717, 1.165) is 4.31 Å². The molecule has 7 heteroatoms. The van der Waals surface area contributed by atoms with Crippen molar-refractivity contribution in [2.45, 2.75) is 25.2 Å². The van der Waals surface area contributed by atoms with Gasteiger partial charge in [-0.25, -0.2) is 8.42 Å². The van der Waals surface area contributed by atoms with Gasteiger partial charge in [0.15, 0.2) is 5.78 Å². The number of hydrogen-bond donors (Lipinski definition) is 1. The number of carbonyl (C=O) groups excluding carboxylic acids is 2. The average Bonchev–Trinajstić information content (AvgIpc) is 2.51. The van der Waals surface area contributed by atoms with Crippen molar-refractivity contribution in [3.63, 3.8) is 0 Å². The Balaban J connectivity index is 3.16. The second kappa shape index (κ2) is 7.33. The van der Waals surface area contributed by atoms with Crippen molar-refractivity contribution in [2.24, 2.45) is 0 Å². The number of hydrogen-bond acceptors (Lipinski definition) is 4. The predicted molar refractivity (Wildman–Crippen MR) is 79.6 cm³/mol. The Hall–Kier alpha value is -1.73. The van der Waals surface area contributed by atoms with Crippen LogP contribution in [0.2, 0.25) is 0 Å². The molecule has 1 aromatic carbocycles. The fourth-order valence-electron chi connectivity index (χ4n) is 1.79. The number of rotatable bonds is 7. The molecule has 0 saturated heterocycles. The van der Waals surface area contributed by atoms with Crippen molar-refractivity contribution in [2.75, 3.05) is 20.1 Å². The van der Waals surface area contributed by atoms with Crippen LogP contribution in [-0.4, -0.2) is 44.6 Å². The third-order valence-corrected chi connectivity index (χ3v) is 4.98. The molecule has 1 aromatic rings. The van der Waals surface area contributed by atoms with Crippen molar-refractivity contribution in [1.82, 2.24) is 9.62 Å². The first kappa shape index (κ1) is 17.3. The molecule has 0 bridgehead atoms. The zero-order valence-electron chi connectivity index (χ0n) is 12.4. The molecule has 0 aliphatic carbocycles. The summed E-state index contributed by atoms with van der Waals surface area (Å²) < 4.78 is 26.1. The van der Waals surface area contributed by atoms with Crippen molar-refractivity contribution in [3.8, 4) is 0 Å². The Labute approximate surface area is 125 Å². The molecule has 1 amide bonds. The lowest BCUT2D eigenvalue weighted by atomic mass is 10.1. The second-order valence-corrected chi connectivity index (χ2v) is 6.35. The van der Waals surface area contributed by atoms with E-state index in [4.69, 9.17) is 0 Å². The van der Waals surface area contributed by atoms with Gasteiger partial charge in [0.05, 0.1) is 11.4 Å². The lowest BCUT2D eigenvalue weighted by Gasteiger charge is -2.19. The molecule has 0 heterocycles. The van der Waals surface area contributed by atoms with Gasteiger partial charge in [0.25, 0.3) is 0 Å². The monoisotopic (exact) mass is 312 g/mol. The molecule has 21 heavy (non-hydrogen) atoms. The van der Waals surface area contributed by atoms with Crippen LogP contribution in [0.25, 0.3) is 0 Å². The van der Waals surface area contributed by atoms with Crippen LogP contribution in [0.15, 0.2) is 29.2 Å². The number of sulfonamides is 1. The molecule has 0 aromatic heterocycles. The Bertz CT molecular complexity index is 626. The Morgan fingerprint density at radius 3 is 2.43 bits per heavy atom. The van der Waals surface area contributed by atoms with Gasteiger partial charge in [-0.2, -0.15) is 4.31 Å². The van der Waals surface area contributed by atoms with Crippen LogP contribution >= 0.6 is 0 Å². The summed E-state index contributed by atoms with van der Waals surface area (Å²) in [4.78, 5) is 23.1. The first-order valence-electron chi connectivity index (χ1n) is 6.70. The zero-order chi connectivity index (χ0) is 16.0. The summed E-state index contributed by atoms with van der Waals surface area (Å²) in [6, 6.07) is 5.89. The summed E-state index contributed by atoms with van der Waals surface area (Å²) in [6.45, 7) is 3.29. The summed E-state index contributed by atoms with van der Waals surface area (Å²) >= 11 is 0. The van der Waals surface area contributed by atoms with E-state index in [1.54, 1.807) is 19.9 Å². The number of benzene rings is 1. The molecule has 6 nitrogen and oxygen atoms in total. The van der Waals surface area contributed by atoms with Gasteiger partial charge in [0.1, 0.15) is 0 Å². The van der Waals surface area contributed by atoms with E-state index >= 15 is 0 Å². The molecule has 0 unspecified atom stereocenters. The highest BCUT2D eigenvalue weighted by molar-refractivity contribution is 7.89. The third-order valence-electron chi connectivity index (χ3n) is 3.07. The second-order valence-electron chi connectivity index (χ2n) is 4.41. The average molecular weight is 312 g/mol. The summed E-state index contributed by atoms with van der Waals surface area (Å²) in [5, 5.41) is 2.39. The highest BCUT2D eigenvalue weighted by Crippen LogP contribution is 2.17. The normalized spacial score (nSPS) is 11.4. The molecule has 1 rings (SSSR count). The van der Waals surface area contributed by atoms with E-state index in [1.165, 1.54) is 25.2 Å². The van der Waals surface area contributed by atoms with Gasteiger partial charge in [0, 0.05) is 25.6 Å². The molecule has 116 valence electrons. The highest BCUT2D eigenvalue weighted by Gasteiger charge is 2.25. The van der Waals surface area contributed by atoms with Gasteiger partial charge in [-0.05, 0) is 12.1 Å². The van der Waals surface area contributed by atoms with Crippen LogP contribution < -0.4 is 5.32 Å². The Morgan fingerprint density at radius 2 is 1.90 bits per heavy atom. The lowest BCUT2D eigenvalue weighted by Crippen LogP contribution is -2.39. The number of Topliss-reactive ketones (excluding diaryl/α,β-unsaturated/α-hetero) is 1. The van der Waals surface area contributed by atoms with E-state index in [0.29, 0.717) is 12.0 Å². The van der Waals surface area contributed by atoms with Crippen molar-refractivity contribution >= 4 is 21.7 Å². The maximum absolute atomic E-state index is 12.5. The van der Waals surface area contributed by atoms with E-state index in [1.807, 2.05) is 0 Å². The van der Waals surface area contributed by atoms with Gasteiger partial charge >= 0.3 is 0 Å². The summed E-state index contributed by atoms with van der Waals surface area (Å²) in [5.74, 6) is -0.511. The van der Waals surface area contributed by atoms with Gasteiger partial charge in [0.2, 0.25) is 15.9 Å². The zero-order valence-corrected chi connectivity index (χ0v) is 13.2. The first-order valence-corrected chi connectivity index (χ1v) is 8.14. The number of likely N-dealkylation sites (N-methyl/N-ethyl adjacent to an activating group) is 2. The third kappa shape index (κ3) is 4.12. The maximum atomic E-state index is 12.5. The minimum absolute atomic E-state index is 0.0209. The Kier molecular flexibility index (Phi) is 6.04. The SMILES string of the molecule is CCC(=O)c1cccc(S(=O)(=O)N(CC)CC(=O)NC)c1. The van der Waals surface area contributed by atoms with E-state index in [-0.39, 0.29) is 29.7 Å². The molecule has 0 radical (unpaired) electrons. The van der Waals surface area contributed by atoms with Gasteiger partial charge in [-0.3, -0.25) is 9.59 Å². The van der Waals surface area contributed by atoms with Crippen molar-refractivity contribution < 1.29 is 18.0 Å². The van der Waals surface area contributed by atoms with E-state index in [9.17, 15) is 18.0 Å². The molecule has 0 saturated carbocycles. The number of nitrogens with zero attached hydrogens (tertiary/aromatic N) is 1. The van der Waals surface area contributed by atoms with E-state index in [2.05, 4.69) is 5.32 Å². The predicted octanol–water partition coefficient (Wildman–Crippen LogP) is 1.04. The molecule has 0 aliphatic heterocycles. The molecular formula is C14H20N2O4S. The molecule has 1 N–H and O–H groups in total. The summed E-state index contributed by atoms with van der Waals surface area (Å²) in [5.41, 5.74) is 0.356. The van der Waals surface area contributed by atoms with E-state index < -0.39 is 10.0 Å². The largest absolute Gasteiger partial charge is 0.358 e. The van der Waals surface area contributed by atoms with Crippen LogP contribution in [0.3, 0.4) is 0 Å². The van der Waals surface area contributed by atoms with Crippen LogP contribution in [0.4, 0.5) is 0 Å². The van der Waals surface area contributed by atoms with Crippen LogP contribution in [0.1, 0.15) is 30.6 Å². The quantitative estimate of drug-likeness (QED) is 0.762. The molecule has 0 spiro atoms. The number of ketones is 1. The number of amides is 1. The van der Waals surface area contributed by atoms with Crippen molar-refractivity contribution in [1.29, 1.82) is 0 Å². The lowest BCUT2D eigenvalue weighted by molar-refractivity contribution is -0.120. The molecule has 0 atom stereocenters. The highest BCUT2D eigenvalue weighted by atomic mass is 32.2. The molecular weight excluding hydrogens is 292 g/mol. The van der Waals surface area contributed by atoms with Crippen molar-refractivity contribution in [3.05, 3.63) is 29.8 Å². The standard InChI is InChI=1S/C14H20N2O4S/c1-4-13(17)11-7-6-8-12(9-11)21(19,20)16(5-2)10-14(18)15-3/h6-9H,4-5,10H2,1-3H3,(H,15,18). The fourth-order valence-corrected chi connectivity index (χ4v) is 3.24. The van der Waals surface area contributed by atoms with Crippen LogP contribution in [0, 0.1) is 0 Å². The van der Waals surface area contributed by atoms with Crippen LogP contribution in [0.5, 0.6) is 0 Å². The van der Waals surface area contributed by atoms with Gasteiger partial charge in [-0.1, -0.05) is 26.0 Å². The van der Waals surface area contributed by atoms with Gasteiger partial charge in [-0.15, -0.1) is 0 Å². The summed E-state index contributed by atoms with van der Waals surface area (Å²) in [7, 11) is -2.35. The number of nitrogens with one attached hydrogen (secondary N) is 1. The Morgan fingerprint density at radius 1 is 1.24 bits per heavy atom. The maximum Gasteiger partial charge on any atom is 0.243 e. The number of carbonyl (C=O) groups is 2. The smallest absolute Gasteiger partial charge is 0.243 e. The summed E-state index contributed by atoms with van der Waals surface area (Å²) in [6.07, 6.45) is 0.305. The van der Waals surface area contributed by atoms with Gasteiger partial charge < -0.3 is 5.32 Å². The minimum atomic E-state index is -3.80. The van der Waals surface area contributed by atoms with Crippen LogP contribution in [-0.2, 0) is 14.8 Å². The molecule has 0 aliphatic rings. The fraction of sp³-hybridized carbons (Fsp3) is 0.429. The first-order chi connectivity index (χ1) is 9.86. The molecule has 0 fully saturated rings.